The van der Waals surface area contributed by atoms with Gasteiger partial charge < -0.3 is 10.6 Å². The molecule has 1 saturated heterocycles. The Morgan fingerprint density at radius 2 is 1.83 bits per heavy atom. The summed E-state index contributed by atoms with van der Waals surface area (Å²) >= 11 is 0. The van der Waals surface area contributed by atoms with Crippen molar-refractivity contribution in [3.63, 3.8) is 0 Å². The molecular formula is C11H20F3N3O. The van der Waals surface area contributed by atoms with Crippen molar-refractivity contribution in [2.45, 2.75) is 32.0 Å². The van der Waals surface area contributed by atoms with Crippen molar-refractivity contribution in [2.75, 3.05) is 32.7 Å². The second kappa shape index (κ2) is 6.38. The van der Waals surface area contributed by atoms with Crippen LogP contribution in [-0.2, 0) is 4.79 Å². The lowest BCUT2D eigenvalue weighted by atomic mass is 10.1. The lowest BCUT2D eigenvalue weighted by molar-refractivity contribution is -0.151. The minimum absolute atomic E-state index is 0.0149. The monoisotopic (exact) mass is 267 g/mol. The summed E-state index contributed by atoms with van der Waals surface area (Å²) in [6.07, 6.45) is -3.18. The molecule has 0 aromatic carbocycles. The molecule has 0 radical (unpaired) electrons. The summed E-state index contributed by atoms with van der Waals surface area (Å²) in [5, 5.41) is 0. The van der Waals surface area contributed by atoms with E-state index in [0.29, 0.717) is 25.9 Å². The van der Waals surface area contributed by atoms with E-state index in [1.54, 1.807) is 4.90 Å². The van der Waals surface area contributed by atoms with Crippen molar-refractivity contribution in [2.24, 2.45) is 5.73 Å². The molecule has 4 nitrogen and oxygen atoms in total. The Balaban J connectivity index is 2.28. The van der Waals surface area contributed by atoms with Crippen LogP contribution in [0.1, 0.15) is 19.8 Å². The topological polar surface area (TPSA) is 49.6 Å². The molecule has 0 saturated carbocycles. The average molecular weight is 267 g/mol. The van der Waals surface area contributed by atoms with E-state index in [2.05, 4.69) is 0 Å². The Morgan fingerprint density at radius 1 is 1.28 bits per heavy atom. The molecule has 1 heterocycles. The van der Waals surface area contributed by atoms with Gasteiger partial charge in [0, 0.05) is 38.6 Å². The number of carbonyl (C=O) groups excluding carboxylic acids is 1. The Morgan fingerprint density at radius 3 is 2.28 bits per heavy atom. The second-order valence-corrected chi connectivity index (χ2v) is 4.79. The van der Waals surface area contributed by atoms with Crippen molar-refractivity contribution in [1.82, 2.24) is 9.80 Å². The quantitative estimate of drug-likeness (QED) is 0.820. The smallest absolute Gasteiger partial charge is 0.340 e. The number of nitrogens with zero attached hydrogens (tertiary/aromatic N) is 2. The Labute approximate surface area is 105 Å². The number of halogens is 3. The molecular weight excluding hydrogens is 247 g/mol. The lowest BCUT2D eigenvalue weighted by Crippen LogP contribution is -2.51. The zero-order chi connectivity index (χ0) is 13.8. The Hall–Kier alpha value is -0.820. The van der Waals surface area contributed by atoms with Gasteiger partial charge in [0.05, 0.1) is 6.54 Å². The molecule has 1 fully saturated rings. The zero-order valence-electron chi connectivity index (χ0n) is 10.5. The summed E-state index contributed by atoms with van der Waals surface area (Å²) in [5.41, 5.74) is 5.56. The molecule has 2 N–H and O–H groups in total. The molecule has 1 rings (SSSR count). The minimum Gasteiger partial charge on any atom is -0.340 e. The number of nitrogens with two attached hydrogens (primary N) is 1. The summed E-state index contributed by atoms with van der Waals surface area (Å²) in [6, 6.07) is -0.0273. The second-order valence-electron chi connectivity index (χ2n) is 4.79. The summed E-state index contributed by atoms with van der Waals surface area (Å²) in [6.45, 7) is 2.23. The fourth-order valence-corrected chi connectivity index (χ4v) is 1.92. The van der Waals surface area contributed by atoms with Gasteiger partial charge in [-0.3, -0.25) is 9.69 Å². The Kier molecular flexibility index (Phi) is 5.40. The van der Waals surface area contributed by atoms with Gasteiger partial charge in [-0.05, 0) is 13.3 Å². The van der Waals surface area contributed by atoms with E-state index in [4.69, 9.17) is 5.73 Å². The molecule has 106 valence electrons. The molecule has 0 bridgehead atoms. The van der Waals surface area contributed by atoms with Gasteiger partial charge >= 0.3 is 6.18 Å². The van der Waals surface area contributed by atoms with Crippen LogP contribution >= 0.6 is 0 Å². The van der Waals surface area contributed by atoms with Crippen LogP contribution in [0, 0.1) is 0 Å². The van der Waals surface area contributed by atoms with E-state index in [9.17, 15) is 18.0 Å². The molecule has 0 aromatic heterocycles. The number of piperazine rings is 1. The van der Waals surface area contributed by atoms with E-state index in [-0.39, 0.29) is 25.0 Å². The molecule has 1 atom stereocenters. The number of amides is 1. The number of alkyl halides is 3. The summed E-state index contributed by atoms with van der Waals surface area (Å²) in [4.78, 5) is 14.7. The maximum Gasteiger partial charge on any atom is 0.401 e. The highest BCUT2D eigenvalue weighted by Gasteiger charge is 2.32. The van der Waals surface area contributed by atoms with Gasteiger partial charge in [0.15, 0.2) is 0 Å². The normalized spacial score (nSPS) is 19.9. The molecule has 1 aliphatic rings. The molecule has 1 aliphatic heterocycles. The third kappa shape index (κ3) is 5.68. The number of hydrogen-bond acceptors (Lipinski definition) is 3. The van der Waals surface area contributed by atoms with Crippen LogP contribution in [0.25, 0.3) is 0 Å². The largest absolute Gasteiger partial charge is 0.401 e. The molecule has 1 unspecified atom stereocenters. The predicted molar refractivity (Wildman–Crippen MR) is 62.0 cm³/mol. The number of hydrogen-bond donors (Lipinski definition) is 1. The van der Waals surface area contributed by atoms with Gasteiger partial charge in [0.25, 0.3) is 0 Å². The van der Waals surface area contributed by atoms with Crippen molar-refractivity contribution in [3.8, 4) is 0 Å². The predicted octanol–water partition coefficient (Wildman–Crippen LogP) is 0.820. The first-order valence-electron chi connectivity index (χ1n) is 6.10. The first kappa shape index (κ1) is 15.2. The third-order valence-electron chi connectivity index (χ3n) is 2.94. The first-order valence-corrected chi connectivity index (χ1v) is 6.10. The summed E-state index contributed by atoms with van der Waals surface area (Å²) in [5.74, 6) is -0.0149. The van der Waals surface area contributed by atoms with Crippen LogP contribution in [0.3, 0.4) is 0 Å². The van der Waals surface area contributed by atoms with Crippen LogP contribution in [0.2, 0.25) is 0 Å². The van der Waals surface area contributed by atoms with Gasteiger partial charge in [0.1, 0.15) is 0 Å². The Bertz CT molecular complexity index is 273. The molecule has 7 heteroatoms. The van der Waals surface area contributed by atoms with Crippen molar-refractivity contribution < 1.29 is 18.0 Å². The first-order chi connectivity index (χ1) is 8.28. The van der Waals surface area contributed by atoms with Gasteiger partial charge in [0.2, 0.25) is 5.91 Å². The van der Waals surface area contributed by atoms with Crippen LogP contribution in [0.15, 0.2) is 0 Å². The highest BCUT2D eigenvalue weighted by Crippen LogP contribution is 2.17. The summed E-state index contributed by atoms with van der Waals surface area (Å²) in [7, 11) is 0. The minimum atomic E-state index is -4.17. The maximum atomic E-state index is 12.2. The fraction of sp³-hybridized carbons (Fsp3) is 0.909. The van der Waals surface area contributed by atoms with Crippen LogP contribution in [0.5, 0.6) is 0 Å². The SMILES string of the molecule is CC(N)CCC(=O)N1CCN(CC(F)(F)F)CC1. The van der Waals surface area contributed by atoms with Crippen molar-refractivity contribution in [3.05, 3.63) is 0 Å². The lowest BCUT2D eigenvalue weighted by Gasteiger charge is -2.35. The zero-order valence-corrected chi connectivity index (χ0v) is 10.5. The molecule has 0 aliphatic carbocycles. The highest BCUT2D eigenvalue weighted by molar-refractivity contribution is 5.76. The van der Waals surface area contributed by atoms with E-state index >= 15 is 0 Å². The molecule has 18 heavy (non-hydrogen) atoms. The number of carbonyl (C=O) groups is 1. The highest BCUT2D eigenvalue weighted by atomic mass is 19.4. The molecule has 0 aromatic rings. The van der Waals surface area contributed by atoms with E-state index < -0.39 is 12.7 Å². The average Bonchev–Trinajstić information content (AvgIpc) is 2.24. The van der Waals surface area contributed by atoms with E-state index in [1.807, 2.05) is 6.92 Å². The van der Waals surface area contributed by atoms with Gasteiger partial charge in [-0.15, -0.1) is 0 Å². The maximum absolute atomic E-state index is 12.2. The van der Waals surface area contributed by atoms with E-state index in [0.717, 1.165) is 0 Å². The van der Waals surface area contributed by atoms with E-state index in [1.165, 1.54) is 4.90 Å². The van der Waals surface area contributed by atoms with Gasteiger partial charge in [-0.1, -0.05) is 0 Å². The van der Waals surface area contributed by atoms with Crippen molar-refractivity contribution >= 4 is 5.91 Å². The van der Waals surface area contributed by atoms with Gasteiger partial charge in [-0.2, -0.15) is 13.2 Å². The van der Waals surface area contributed by atoms with Crippen LogP contribution in [-0.4, -0.2) is 60.6 Å². The van der Waals surface area contributed by atoms with Crippen LogP contribution in [0.4, 0.5) is 13.2 Å². The van der Waals surface area contributed by atoms with Crippen molar-refractivity contribution in [1.29, 1.82) is 0 Å². The third-order valence-corrected chi connectivity index (χ3v) is 2.94. The van der Waals surface area contributed by atoms with Crippen LogP contribution < -0.4 is 5.73 Å². The summed E-state index contributed by atoms with van der Waals surface area (Å²) < 4.78 is 36.5. The standard InChI is InChI=1S/C11H20F3N3O/c1-9(15)2-3-10(18)17-6-4-16(5-7-17)8-11(12,13)14/h9H,2-8,15H2,1H3. The fourth-order valence-electron chi connectivity index (χ4n) is 1.92. The molecule has 1 amide bonds. The van der Waals surface area contributed by atoms with Gasteiger partial charge in [-0.25, -0.2) is 0 Å². The molecule has 0 spiro atoms. The number of rotatable bonds is 4.